The number of benzene rings is 4. The summed E-state index contributed by atoms with van der Waals surface area (Å²) in [4.78, 5) is 52.3. The maximum atomic E-state index is 13.7. The van der Waals surface area contributed by atoms with Crippen LogP contribution >= 0.6 is 0 Å². The fourth-order valence-corrected chi connectivity index (χ4v) is 6.35. The number of rotatable bonds is 7. The van der Waals surface area contributed by atoms with E-state index in [0.717, 1.165) is 33.3 Å². The molecule has 2 fully saturated rings. The van der Waals surface area contributed by atoms with Gasteiger partial charge in [-0.1, -0.05) is 91.0 Å². The molecule has 1 heterocycles. The molecule has 2 unspecified atom stereocenters. The zero-order valence-corrected chi connectivity index (χ0v) is 23.4. The quantitative estimate of drug-likeness (QED) is 0.143. The highest BCUT2D eigenvalue weighted by atomic mass is 16.2. The number of nitrogens with one attached hydrogen (secondary N) is 4. The molecule has 4 aromatic carbocycles. The largest absolute Gasteiger partial charge is 0.328 e. The van der Waals surface area contributed by atoms with Crippen molar-refractivity contribution in [3.8, 4) is 0 Å². The van der Waals surface area contributed by atoms with Crippen molar-refractivity contribution in [3.63, 3.8) is 0 Å². The topological polar surface area (TPSA) is 129 Å². The van der Waals surface area contributed by atoms with Crippen LogP contribution in [0.15, 0.2) is 108 Å². The highest BCUT2D eigenvalue weighted by Crippen LogP contribution is 2.55. The fraction of sp³-hybridized carbons (Fsp3) is 0.206. The molecule has 1 saturated carbocycles. The van der Waals surface area contributed by atoms with Crippen molar-refractivity contribution >= 4 is 45.9 Å². The van der Waals surface area contributed by atoms with Gasteiger partial charge < -0.3 is 10.7 Å². The van der Waals surface area contributed by atoms with Crippen LogP contribution in [0.25, 0.3) is 10.8 Å². The Labute approximate surface area is 248 Å². The van der Waals surface area contributed by atoms with Gasteiger partial charge in [-0.3, -0.25) is 25.0 Å². The van der Waals surface area contributed by atoms with E-state index in [2.05, 4.69) is 26.5 Å². The molecule has 2 atom stereocenters. The second-order valence-corrected chi connectivity index (χ2v) is 10.9. The molecule has 9 nitrogen and oxygen atoms in total. The Hall–Kier alpha value is -5.31. The van der Waals surface area contributed by atoms with Crippen LogP contribution in [0.3, 0.4) is 0 Å². The number of hydrazone groups is 1. The molecule has 2 aliphatic rings. The molecular weight excluding hydrogens is 542 g/mol. The number of carbonyl (C=O) groups excluding carboxylic acids is 4. The molecule has 1 saturated heterocycles. The molecule has 0 bridgehead atoms. The van der Waals surface area contributed by atoms with Gasteiger partial charge in [0.15, 0.2) is 0 Å². The number of anilines is 1. The molecule has 43 heavy (non-hydrogen) atoms. The zero-order valence-electron chi connectivity index (χ0n) is 23.4. The first kappa shape index (κ1) is 27.8. The average molecular weight is 574 g/mol. The molecule has 0 radical (unpaired) electrons. The first-order chi connectivity index (χ1) is 20.9. The monoisotopic (exact) mass is 573 g/mol. The highest BCUT2D eigenvalue weighted by Gasteiger charge is 2.63. The van der Waals surface area contributed by atoms with Crippen molar-refractivity contribution in [1.29, 1.82) is 0 Å². The number of hydrogen-bond acceptors (Lipinski definition) is 6. The van der Waals surface area contributed by atoms with Gasteiger partial charge in [0, 0.05) is 36.2 Å². The van der Waals surface area contributed by atoms with Crippen molar-refractivity contribution in [2.75, 3.05) is 11.9 Å². The third-order valence-electron chi connectivity index (χ3n) is 8.32. The minimum absolute atomic E-state index is 0.143. The highest BCUT2D eigenvalue weighted by molar-refractivity contribution is 6.21. The molecule has 6 rings (SSSR count). The van der Waals surface area contributed by atoms with Crippen molar-refractivity contribution in [1.82, 2.24) is 16.1 Å². The predicted molar refractivity (Wildman–Crippen MR) is 164 cm³/mol. The van der Waals surface area contributed by atoms with Crippen LogP contribution < -0.4 is 21.4 Å². The standard InChI is InChI=1S/C34H31N5O4/c40-30(36-26-16-15-22-9-7-8-14-25(22)19-26)17-18-35-39-27-20-28(23-10-3-1-4-11-23)34(31(41)37-33(43)38-32(34)42)29(21-27)24-12-5-2-6-13-24/h1-16,19,28-29,35H,17-18,20-21H2,(H,36,40)(H2,37,38,41,42,43). The summed E-state index contributed by atoms with van der Waals surface area (Å²) in [5, 5.41) is 14.5. The van der Waals surface area contributed by atoms with E-state index in [1.165, 1.54) is 0 Å². The van der Waals surface area contributed by atoms with Crippen LogP contribution in [0.5, 0.6) is 0 Å². The molecule has 1 spiro atoms. The van der Waals surface area contributed by atoms with E-state index in [9.17, 15) is 19.2 Å². The van der Waals surface area contributed by atoms with Gasteiger partial charge in [0.2, 0.25) is 17.7 Å². The number of carbonyl (C=O) groups is 4. The molecule has 4 N–H and O–H groups in total. The molecule has 9 heteroatoms. The number of fused-ring (bicyclic) bond motifs is 1. The predicted octanol–water partition coefficient (Wildman–Crippen LogP) is 4.83. The Morgan fingerprint density at radius 1 is 0.744 bits per heavy atom. The summed E-state index contributed by atoms with van der Waals surface area (Å²) in [6.45, 7) is 0.301. The second kappa shape index (κ2) is 11.9. The lowest BCUT2D eigenvalue weighted by Gasteiger charge is -2.48. The lowest BCUT2D eigenvalue weighted by atomic mass is 9.54. The van der Waals surface area contributed by atoms with Gasteiger partial charge in [-0.15, -0.1) is 0 Å². The van der Waals surface area contributed by atoms with Crippen LogP contribution in [0.2, 0.25) is 0 Å². The maximum absolute atomic E-state index is 13.7. The molecular formula is C34H31N5O4. The van der Waals surface area contributed by atoms with E-state index in [0.29, 0.717) is 19.4 Å². The first-order valence-corrected chi connectivity index (χ1v) is 14.3. The van der Waals surface area contributed by atoms with Gasteiger partial charge in [-0.25, -0.2) is 4.79 Å². The smallest absolute Gasteiger partial charge is 0.326 e. The number of urea groups is 1. The lowest BCUT2D eigenvalue weighted by molar-refractivity contribution is -0.148. The molecule has 1 aliphatic heterocycles. The summed E-state index contributed by atoms with van der Waals surface area (Å²) < 4.78 is 0. The Morgan fingerprint density at radius 2 is 1.30 bits per heavy atom. The summed E-state index contributed by atoms with van der Waals surface area (Å²) in [7, 11) is 0. The molecule has 1 aliphatic carbocycles. The van der Waals surface area contributed by atoms with Gasteiger partial charge in [0.25, 0.3) is 0 Å². The maximum Gasteiger partial charge on any atom is 0.328 e. The van der Waals surface area contributed by atoms with Gasteiger partial charge >= 0.3 is 6.03 Å². The Kier molecular flexibility index (Phi) is 7.70. The van der Waals surface area contributed by atoms with E-state index in [4.69, 9.17) is 0 Å². The minimum atomic E-state index is -1.56. The molecule has 0 aromatic heterocycles. The number of imide groups is 2. The second-order valence-electron chi connectivity index (χ2n) is 10.9. The molecule has 4 aromatic rings. The van der Waals surface area contributed by atoms with Crippen LogP contribution in [0, 0.1) is 5.41 Å². The number of amides is 5. The summed E-state index contributed by atoms with van der Waals surface area (Å²) in [6, 6.07) is 31.7. The normalized spacial score (nSPS) is 19.4. The van der Waals surface area contributed by atoms with Crippen molar-refractivity contribution in [3.05, 3.63) is 114 Å². The van der Waals surface area contributed by atoms with E-state index in [1.807, 2.05) is 103 Å². The summed E-state index contributed by atoms with van der Waals surface area (Å²) >= 11 is 0. The third-order valence-corrected chi connectivity index (χ3v) is 8.32. The zero-order chi connectivity index (χ0) is 29.8. The Morgan fingerprint density at radius 3 is 1.91 bits per heavy atom. The third kappa shape index (κ3) is 5.49. The Balaban J connectivity index is 1.23. The van der Waals surface area contributed by atoms with Crippen molar-refractivity contribution in [2.45, 2.75) is 31.1 Å². The summed E-state index contributed by atoms with van der Waals surface area (Å²) in [6.07, 6.45) is 0.835. The molecule has 5 amide bonds. The van der Waals surface area contributed by atoms with Crippen LogP contribution in [0.1, 0.15) is 42.2 Å². The van der Waals surface area contributed by atoms with E-state index in [-0.39, 0.29) is 12.3 Å². The average Bonchev–Trinajstić information content (AvgIpc) is 3.02. The molecule has 216 valence electrons. The summed E-state index contributed by atoms with van der Waals surface area (Å²) in [5.74, 6) is -2.53. The number of nitrogens with zero attached hydrogens (tertiary/aromatic N) is 1. The lowest BCUT2D eigenvalue weighted by Crippen LogP contribution is -2.67. The van der Waals surface area contributed by atoms with Gasteiger partial charge in [0.1, 0.15) is 5.41 Å². The van der Waals surface area contributed by atoms with Crippen LogP contribution in [-0.4, -0.2) is 36.0 Å². The summed E-state index contributed by atoms with van der Waals surface area (Å²) in [5.41, 5.74) is 4.56. The van der Waals surface area contributed by atoms with Crippen LogP contribution in [0.4, 0.5) is 10.5 Å². The fourth-order valence-electron chi connectivity index (χ4n) is 6.35. The first-order valence-electron chi connectivity index (χ1n) is 14.3. The van der Waals surface area contributed by atoms with E-state index in [1.54, 1.807) is 0 Å². The van der Waals surface area contributed by atoms with E-state index >= 15 is 0 Å². The number of hydrogen-bond donors (Lipinski definition) is 4. The minimum Gasteiger partial charge on any atom is -0.326 e. The SMILES string of the molecule is O=C(CCNN=C1CC(c2ccccc2)C2(C(=O)NC(=O)NC2=O)C(c2ccccc2)C1)Nc1ccc2ccccc2c1. The number of barbiturate groups is 1. The van der Waals surface area contributed by atoms with E-state index < -0.39 is 35.1 Å². The Bertz CT molecular complexity index is 1650. The van der Waals surface area contributed by atoms with Gasteiger partial charge in [-0.2, -0.15) is 5.10 Å². The van der Waals surface area contributed by atoms with Crippen molar-refractivity contribution in [2.24, 2.45) is 10.5 Å². The van der Waals surface area contributed by atoms with Gasteiger partial charge in [-0.05, 0) is 46.9 Å². The van der Waals surface area contributed by atoms with Crippen molar-refractivity contribution < 1.29 is 19.2 Å². The van der Waals surface area contributed by atoms with Crippen LogP contribution in [-0.2, 0) is 14.4 Å². The van der Waals surface area contributed by atoms with Gasteiger partial charge in [0.05, 0.1) is 0 Å².